The number of para-hydroxylation sites is 1. The third-order valence-electron chi connectivity index (χ3n) is 3.47. The van der Waals surface area contributed by atoms with Crippen LogP contribution in [0.3, 0.4) is 0 Å². The molecule has 21 heavy (non-hydrogen) atoms. The number of hydrogen-bond donors (Lipinski definition) is 2. The van der Waals surface area contributed by atoms with Gasteiger partial charge in [-0.1, -0.05) is 12.1 Å². The van der Waals surface area contributed by atoms with Crippen molar-refractivity contribution in [2.24, 2.45) is 0 Å². The van der Waals surface area contributed by atoms with Crippen molar-refractivity contribution in [2.45, 2.75) is 25.8 Å². The lowest BCUT2D eigenvalue weighted by molar-refractivity contribution is -0.148. The number of anilines is 1. The van der Waals surface area contributed by atoms with Gasteiger partial charge in [0.25, 0.3) is 0 Å². The minimum Gasteiger partial charge on any atom is -0.480 e. The van der Waals surface area contributed by atoms with Crippen molar-refractivity contribution in [1.82, 2.24) is 4.90 Å². The van der Waals surface area contributed by atoms with Crippen LogP contribution in [0.25, 0.3) is 0 Å². The van der Waals surface area contributed by atoms with Gasteiger partial charge >= 0.3 is 5.97 Å². The Bertz CT molecular complexity index is 576. The lowest BCUT2D eigenvalue weighted by Gasteiger charge is -2.31. The molecule has 1 rings (SSSR count). The number of rotatable bonds is 6. The first-order valence-electron chi connectivity index (χ1n) is 6.52. The zero-order valence-electron chi connectivity index (χ0n) is 12.4. The van der Waals surface area contributed by atoms with Crippen molar-refractivity contribution >= 4 is 17.6 Å². The van der Waals surface area contributed by atoms with Gasteiger partial charge in [-0.3, -0.25) is 14.5 Å². The Hall–Kier alpha value is -2.39. The Balaban J connectivity index is 2.60. The zero-order valence-corrected chi connectivity index (χ0v) is 12.4. The predicted octanol–water partition coefficient (Wildman–Crippen LogP) is 1.68. The van der Waals surface area contributed by atoms with Gasteiger partial charge in [-0.2, -0.15) is 5.26 Å². The van der Waals surface area contributed by atoms with E-state index in [1.54, 1.807) is 50.1 Å². The molecule has 0 heterocycles. The maximum atomic E-state index is 11.9. The fourth-order valence-corrected chi connectivity index (χ4v) is 1.61. The molecule has 0 aromatic heterocycles. The van der Waals surface area contributed by atoms with Crippen LogP contribution in [0.5, 0.6) is 0 Å². The monoisotopic (exact) mass is 289 g/mol. The van der Waals surface area contributed by atoms with E-state index in [0.29, 0.717) is 17.8 Å². The third kappa shape index (κ3) is 4.29. The molecule has 0 atom stereocenters. The highest BCUT2D eigenvalue weighted by molar-refractivity contribution is 5.92. The van der Waals surface area contributed by atoms with Crippen molar-refractivity contribution in [3.63, 3.8) is 0 Å². The quantitative estimate of drug-likeness (QED) is 0.831. The highest BCUT2D eigenvalue weighted by atomic mass is 16.4. The largest absolute Gasteiger partial charge is 0.480 e. The predicted molar refractivity (Wildman–Crippen MR) is 78.7 cm³/mol. The van der Waals surface area contributed by atoms with Crippen molar-refractivity contribution in [2.75, 3.05) is 18.9 Å². The van der Waals surface area contributed by atoms with E-state index in [1.165, 1.54) is 0 Å². The van der Waals surface area contributed by atoms with Crippen LogP contribution in [0.4, 0.5) is 5.69 Å². The van der Waals surface area contributed by atoms with E-state index in [0.717, 1.165) is 0 Å². The van der Waals surface area contributed by atoms with Gasteiger partial charge in [-0.15, -0.1) is 0 Å². The summed E-state index contributed by atoms with van der Waals surface area (Å²) in [6, 6.07) is 8.73. The molecule has 0 aliphatic rings. The van der Waals surface area contributed by atoms with E-state index in [9.17, 15) is 9.59 Å². The number of hydrogen-bond acceptors (Lipinski definition) is 4. The summed E-state index contributed by atoms with van der Waals surface area (Å²) in [5.74, 6) is -1.20. The zero-order chi connectivity index (χ0) is 16.0. The average Bonchev–Trinajstić information content (AvgIpc) is 2.45. The molecule has 6 nitrogen and oxygen atoms in total. The second-order valence-electron chi connectivity index (χ2n) is 5.24. The van der Waals surface area contributed by atoms with Gasteiger partial charge in [0, 0.05) is 13.0 Å². The van der Waals surface area contributed by atoms with E-state index in [-0.39, 0.29) is 12.3 Å². The van der Waals surface area contributed by atoms with Gasteiger partial charge in [0.2, 0.25) is 5.91 Å². The fourth-order valence-electron chi connectivity index (χ4n) is 1.61. The summed E-state index contributed by atoms with van der Waals surface area (Å²) in [4.78, 5) is 24.6. The van der Waals surface area contributed by atoms with Crippen LogP contribution in [0.1, 0.15) is 25.8 Å². The van der Waals surface area contributed by atoms with Crippen LogP contribution in [0.2, 0.25) is 0 Å². The molecule has 0 aliphatic carbocycles. The van der Waals surface area contributed by atoms with E-state index in [4.69, 9.17) is 10.4 Å². The van der Waals surface area contributed by atoms with E-state index < -0.39 is 11.5 Å². The minimum atomic E-state index is -1.04. The lowest BCUT2D eigenvalue weighted by Crippen LogP contribution is -2.48. The van der Waals surface area contributed by atoms with Crippen molar-refractivity contribution in [1.29, 1.82) is 5.26 Å². The SMILES string of the molecule is CN(CCC(=O)Nc1ccccc1C#N)C(C)(C)C(=O)O. The van der Waals surface area contributed by atoms with Crippen molar-refractivity contribution in [3.8, 4) is 6.07 Å². The Morgan fingerprint density at radius 3 is 2.57 bits per heavy atom. The van der Waals surface area contributed by atoms with E-state index >= 15 is 0 Å². The van der Waals surface area contributed by atoms with Gasteiger partial charge < -0.3 is 10.4 Å². The van der Waals surface area contributed by atoms with Gasteiger partial charge in [-0.05, 0) is 33.0 Å². The van der Waals surface area contributed by atoms with Crippen LogP contribution < -0.4 is 5.32 Å². The Morgan fingerprint density at radius 1 is 1.38 bits per heavy atom. The summed E-state index contributed by atoms with van der Waals surface area (Å²) in [5, 5.41) is 20.7. The minimum absolute atomic E-state index is 0.146. The first-order valence-corrected chi connectivity index (χ1v) is 6.52. The normalized spacial score (nSPS) is 11.0. The van der Waals surface area contributed by atoms with Crippen LogP contribution in [0.15, 0.2) is 24.3 Å². The number of carbonyl (C=O) groups excluding carboxylic acids is 1. The van der Waals surface area contributed by atoms with Crippen LogP contribution in [-0.4, -0.2) is 41.0 Å². The lowest BCUT2D eigenvalue weighted by atomic mass is 10.0. The van der Waals surface area contributed by atoms with E-state index in [1.807, 2.05) is 6.07 Å². The molecule has 0 bridgehead atoms. The van der Waals surface area contributed by atoms with Crippen molar-refractivity contribution < 1.29 is 14.7 Å². The molecule has 1 aromatic rings. The van der Waals surface area contributed by atoms with Gasteiger partial charge in [0.1, 0.15) is 11.6 Å². The molecule has 2 N–H and O–H groups in total. The number of likely N-dealkylation sites (N-methyl/N-ethyl adjacent to an activating group) is 1. The number of carboxylic acid groups (broad SMARTS) is 1. The summed E-state index contributed by atoms with van der Waals surface area (Å²) in [5.41, 5.74) is -0.180. The summed E-state index contributed by atoms with van der Waals surface area (Å²) >= 11 is 0. The first kappa shape index (κ1) is 16.7. The molecule has 0 fully saturated rings. The average molecular weight is 289 g/mol. The van der Waals surface area contributed by atoms with Crippen LogP contribution in [0, 0.1) is 11.3 Å². The first-order chi connectivity index (χ1) is 9.78. The molecule has 0 unspecified atom stereocenters. The molecule has 1 amide bonds. The maximum absolute atomic E-state index is 11.9. The highest BCUT2D eigenvalue weighted by Gasteiger charge is 2.31. The molecule has 6 heteroatoms. The molecule has 0 radical (unpaired) electrons. The molecular formula is C15H19N3O3. The summed E-state index contributed by atoms with van der Waals surface area (Å²) in [7, 11) is 1.66. The molecule has 0 spiro atoms. The van der Waals surface area contributed by atoms with Gasteiger partial charge in [0.05, 0.1) is 11.3 Å². The Kier molecular flexibility index (Phi) is 5.44. The smallest absolute Gasteiger partial charge is 0.323 e. The Labute approximate surface area is 124 Å². The maximum Gasteiger partial charge on any atom is 0.323 e. The highest BCUT2D eigenvalue weighted by Crippen LogP contribution is 2.15. The number of nitriles is 1. The summed E-state index contributed by atoms with van der Waals surface area (Å²) in [6.45, 7) is 3.47. The van der Waals surface area contributed by atoms with Crippen LogP contribution in [-0.2, 0) is 9.59 Å². The molecule has 0 saturated heterocycles. The second-order valence-corrected chi connectivity index (χ2v) is 5.24. The molecular weight excluding hydrogens is 270 g/mol. The molecule has 1 aromatic carbocycles. The van der Waals surface area contributed by atoms with Gasteiger partial charge in [-0.25, -0.2) is 0 Å². The summed E-state index contributed by atoms with van der Waals surface area (Å²) < 4.78 is 0. The van der Waals surface area contributed by atoms with Crippen LogP contribution >= 0.6 is 0 Å². The summed E-state index contributed by atoms with van der Waals surface area (Å²) in [6.07, 6.45) is 0.146. The Morgan fingerprint density at radius 2 is 2.00 bits per heavy atom. The topological polar surface area (TPSA) is 93.4 Å². The second kappa shape index (κ2) is 6.86. The number of carboxylic acids is 1. The third-order valence-corrected chi connectivity index (χ3v) is 3.47. The number of nitrogens with one attached hydrogen (secondary N) is 1. The number of nitrogens with zero attached hydrogens (tertiary/aromatic N) is 2. The van der Waals surface area contributed by atoms with Gasteiger partial charge in [0.15, 0.2) is 0 Å². The molecule has 0 aliphatic heterocycles. The number of amides is 1. The number of benzene rings is 1. The fraction of sp³-hybridized carbons (Fsp3) is 0.400. The standard InChI is InChI=1S/C15H19N3O3/c1-15(2,14(20)21)18(3)9-8-13(19)17-12-7-5-4-6-11(12)10-16/h4-7H,8-9H2,1-3H3,(H,17,19)(H,20,21). The van der Waals surface area contributed by atoms with E-state index in [2.05, 4.69) is 5.32 Å². The molecule has 112 valence electrons. The van der Waals surface area contributed by atoms with Crippen molar-refractivity contribution in [3.05, 3.63) is 29.8 Å². The number of aliphatic carboxylic acids is 1. The number of carbonyl (C=O) groups is 2. The molecule has 0 saturated carbocycles.